The molecule has 0 saturated carbocycles. The van der Waals surface area contributed by atoms with Crippen LogP contribution in [0.5, 0.6) is 5.75 Å². The Morgan fingerprint density at radius 2 is 1.39 bits per heavy atom. The van der Waals surface area contributed by atoms with Crippen LogP contribution >= 0.6 is 0 Å². The van der Waals surface area contributed by atoms with Gasteiger partial charge in [0.25, 0.3) is 30.4 Å². The number of anilines is 5. The van der Waals surface area contributed by atoms with Crippen LogP contribution in [0, 0.1) is 25.3 Å². The Hall–Kier alpha value is -6.35. The predicted octanol–water partition coefficient (Wildman–Crippen LogP) is 6.04. The van der Waals surface area contributed by atoms with Gasteiger partial charge in [-0.1, -0.05) is 35.9 Å². The Balaban J connectivity index is 1.49. The Morgan fingerprint density at radius 1 is 0.704 bits per heavy atom. The SMILES string of the molecule is Cc1ccc2c(S(=O)(=O)O)c(N=Nc3c(C)cc4cc(S(=O)(=O)O)cc(Nc5nc(NC#N)nc(Nc6cccc(S(=O)(=O)O)c6)n5)c4c3O)ccc2c1. The second kappa shape index (κ2) is 13.9. The number of fused-ring (bicyclic) bond motifs is 2. The summed E-state index contributed by atoms with van der Waals surface area (Å²) in [6.45, 7) is 3.30. The molecule has 0 saturated heterocycles. The molecule has 1 heterocycles. The first-order chi connectivity index (χ1) is 25.3. The van der Waals surface area contributed by atoms with Gasteiger partial charge in [0.1, 0.15) is 16.3 Å². The lowest BCUT2D eigenvalue weighted by atomic mass is 10.0. The molecule has 0 amide bonds. The molecule has 0 bridgehead atoms. The van der Waals surface area contributed by atoms with Crippen LogP contribution in [0.3, 0.4) is 0 Å². The minimum atomic E-state index is -4.85. The van der Waals surface area contributed by atoms with Crippen molar-refractivity contribution < 1.29 is 44.0 Å². The molecule has 0 spiro atoms. The van der Waals surface area contributed by atoms with Crippen LogP contribution in [0.2, 0.25) is 0 Å². The highest BCUT2D eigenvalue weighted by molar-refractivity contribution is 7.86. The molecular formula is C32H25N9O10S3. The molecule has 276 valence electrons. The fourth-order valence-electron chi connectivity index (χ4n) is 5.44. The maximum Gasteiger partial charge on any atom is 0.297 e. The number of benzene rings is 5. The highest BCUT2D eigenvalue weighted by Gasteiger charge is 2.23. The average molecular weight is 792 g/mol. The summed E-state index contributed by atoms with van der Waals surface area (Å²) in [6.07, 6.45) is 1.63. The molecule has 0 radical (unpaired) electrons. The third-order valence-corrected chi connectivity index (χ3v) is 10.3. The molecule has 6 rings (SSSR count). The lowest BCUT2D eigenvalue weighted by molar-refractivity contribution is 0.480. The van der Waals surface area contributed by atoms with Crippen molar-refractivity contribution in [2.24, 2.45) is 10.2 Å². The van der Waals surface area contributed by atoms with Crippen LogP contribution in [0.4, 0.5) is 40.6 Å². The number of hydrogen-bond donors (Lipinski definition) is 7. The van der Waals surface area contributed by atoms with Crippen molar-refractivity contribution in [3.8, 4) is 11.9 Å². The molecule has 0 unspecified atom stereocenters. The van der Waals surface area contributed by atoms with E-state index in [-0.39, 0.29) is 62.3 Å². The number of aryl methyl sites for hydroxylation is 2. The largest absolute Gasteiger partial charge is 0.505 e. The van der Waals surface area contributed by atoms with E-state index in [2.05, 4.69) is 41.1 Å². The van der Waals surface area contributed by atoms with Crippen molar-refractivity contribution >= 4 is 92.5 Å². The van der Waals surface area contributed by atoms with Gasteiger partial charge in [-0.2, -0.15) is 45.5 Å². The molecule has 7 N–H and O–H groups in total. The van der Waals surface area contributed by atoms with Gasteiger partial charge in [-0.05, 0) is 72.6 Å². The summed E-state index contributed by atoms with van der Waals surface area (Å²) in [5, 5.41) is 37.3. The zero-order valence-corrected chi connectivity index (χ0v) is 30.0. The first kappa shape index (κ1) is 37.4. The standard InChI is InChI=1S/C32H25N9O10S3/c1-16-6-8-23-18(10-16)7-9-24(29(23)54(49,50)51)40-41-27-17(2)11-19-12-22(53(46,47)48)14-25(26(19)28(27)42)36-32-38-30(34-15-33)37-31(39-32)35-20-4-3-5-21(13-20)52(43,44)45/h3-14,42H,1-2H3,(H,43,44,45)(H,46,47,48)(H,49,50,51)(H3,34,35,36,37,38,39). The molecule has 0 fully saturated rings. The van der Waals surface area contributed by atoms with Gasteiger partial charge in [0.05, 0.1) is 15.5 Å². The van der Waals surface area contributed by atoms with E-state index in [0.29, 0.717) is 5.39 Å². The van der Waals surface area contributed by atoms with Gasteiger partial charge in [0, 0.05) is 16.5 Å². The third kappa shape index (κ3) is 7.85. The molecule has 6 aromatic rings. The van der Waals surface area contributed by atoms with Crippen molar-refractivity contribution in [3.05, 3.63) is 83.9 Å². The molecule has 1 aromatic heterocycles. The predicted molar refractivity (Wildman–Crippen MR) is 195 cm³/mol. The van der Waals surface area contributed by atoms with Gasteiger partial charge in [-0.3, -0.25) is 19.0 Å². The van der Waals surface area contributed by atoms with E-state index in [1.165, 1.54) is 37.3 Å². The maximum atomic E-state index is 12.5. The summed E-state index contributed by atoms with van der Waals surface area (Å²) < 4.78 is 102. The van der Waals surface area contributed by atoms with Crippen molar-refractivity contribution in [1.82, 2.24) is 15.0 Å². The summed E-state index contributed by atoms with van der Waals surface area (Å²) in [4.78, 5) is 10.7. The molecule has 0 aliphatic carbocycles. The van der Waals surface area contributed by atoms with E-state index in [1.807, 2.05) is 0 Å². The van der Waals surface area contributed by atoms with E-state index in [4.69, 9.17) is 0 Å². The number of nitrogens with one attached hydrogen (secondary N) is 3. The Morgan fingerprint density at radius 3 is 2.06 bits per heavy atom. The fourth-order valence-corrected chi connectivity index (χ4v) is 7.34. The molecular weight excluding hydrogens is 767 g/mol. The molecule has 0 aliphatic heterocycles. The highest BCUT2D eigenvalue weighted by Crippen LogP contribution is 2.44. The Bertz CT molecular complexity index is 2950. The summed E-state index contributed by atoms with van der Waals surface area (Å²) in [6, 6.07) is 16.1. The number of hydrogen-bond acceptors (Lipinski definition) is 16. The van der Waals surface area contributed by atoms with Gasteiger partial charge in [-0.15, -0.1) is 10.2 Å². The van der Waals surface area contributed by atoms with Crippen LogP contribution in [0.1, 0.15) is 11.1 Å². The number of rotatable bonds is 10. The molecule has 54 heavy (non-hydrogen) atoms. The van der Waals surface area contributed by atoms with Crippen LogP contribution in [-0.2, 0) is 30.4 Å². The highest BCUT2D eigenvalue weighted by atomic mass is 32.2. The summed E-state index contributed by atoms with van der Waals surface area (Å²) >= 11 is 0. The minimum Gasteiger partial charge on any atom is -0.505 e. The Kier molecular flexibility index (Phi) is 9.62. The van der Waals surface area contributed by atoms with Gasteiger partial charge in [0.15, 0.2) is 11.9 Å². The van der Waals surface area contributed by atoms with Crippen LogP contribution in [-0.4, -0.2) is 59.0 Å². The maximum absolute atomic E-state index is 12.5. The molecule has 0 atom stereocenters. The van der Waals surface area contributed by atoms with E-state index in [1.54, 1.807) is 31.3 Å². The minimum absolute atomic E-state index is 0.0612. The topological polar surface area (TPSA) is 307 Å². The zero-order chi connectivity index (χ0) is 39.2. The molecule has 22 heteroatoms. The van der Waals surface area contributed by atoms with Crippen molar-refractivity contribution in [3.63, 3.8) is 0 Å². The quantitative estimate of drug-likeness (QED) is 0.0360. The number of azo groups is 1. The smallest absolute Gasteiger partial charge is 0.297 e. The average Bonchev–Trinajstić information content (AvgIpc) is 3.06. The van der Waals surface area contributed by atoms with Crippen molar-refractivity contribution in [1.29, 1.82) is 5.26 Å². The third-order valence-electron chi connectivity index (χ3n) is 7.71. The normalized spacial score (nSPS) is 12.2. The zero-order valence-electron chi connectivity index (χ0n) is 27.6. The van der Waals surface area contributed by atoms with Gasteiger partial charge < -0.3 is 15.7 Å². The molecule has 0 aliphatic rings. The van der Waals surface area contributed by atoms with Crippen LogP contribution < -0.4 is 16.0 Å². The van der Waals surface area contributed by atoms with Gasteiger partial charge in [-0.25, -0.2) is 0 Å². The lowest BCUT2D eigenvalue weighted by Crippen LogP contribution is -2.08. The van der Waals surface area contributed by atoms with Gasteiger partial charge in [0.2, 0.25) is 17.8 Å². The monoisotopic (exact) mass is 791 g/mol. The number of nitrogens with zero attached hydrogens (tertiary/aromatic N) is 6. The van der Waals surface area contributed by atoms with E-state index in [9.17, 15) is 49.3 Å². The summed E-state index contributed by atoms with van der Waals surface area (Å²) in [7, 11) is -14.3. The van der Waals surface area contributed by atoms with Crippen molar-refractivity contribution in [2.45, 2.75) is 28.5 Å². The van der Waals surface area contributed by atoms with E-state index >= 15 is 0 Å². The number of aromatic hydroxyl groups is 1. The number of phenols is 1. The first-order valence-electron chi connectivity index (χ1n) is 15.0. The number of phenolic OH excluding ortho intramolecular Hbond substituents is 1. The van der Waals surface area contributed by atoms with E-state index in [0.717, 1.165) is 29.8 Å². The summed E-state index contributed by atoms with van der Waals surface area (Å²) in [5.41, 5.74) is 0.486. The lowest BCUT2D eigenvalue weighted by Gasteiger charge is -2.15. The summed E-state index contributed by atoms with van der Waals surface area (Å²) in [5.74, 6) is -1.57. The molecule has 5 aromatic carbocycles. The van der Waals surface area contributed by atoms with Crippen LogP contribution in [0.25, 0.3) is 21.5 Å². The first-order valence-corrected chi connectivity index (χ1v) is 19.4. The number of nitriles is 1. The molecule has 19 nitrogen and oxygen atoms in total. The van der Waals surface area contributed by atoms with Crippen LogP contribution in [0.15, 0.2) is 97.7 Å². The van der Waals surface area contributed by atoms with Gasteiger partial charge >= 0.3 is 0 Å². The second-order valence-corrected chi connectivity index (χ2v) is 15.7. The Labute approximate surface area is 306 Å². The fraction of sp³-hybridized carbons (Fsp3) is 0.0625. The van der Waals surface area contributed by atoms with E-state index < -0.39 is 50.8 Å². The van der Waals surface area contributed by atoms with Crippen molar-refractivity contribution in [2.75, 3.05) is 16.0 Å². The second-order valence-electron chi connectivity index (χ2n) is 11.5. The number of aromatic nitrogens is 3.